The van der Waals surface area contributed by atoms with Crippen LogP contribution in [0, 0.1) is 24.0 Å². The SMILES string of the molecule is Cc1cc(C(=O)N/N=C/c2cc([N+](=O)[O-])cc(C)c2O)n[nH]1. The van der Waals surface area contributed by atoms with Crippen LogP contribution in [0.15, 0.2) is 23.3 Å². The maximum atomic E-state index is 11.7. The van der Waals surface area contributed by atoms with Crippen LogP contribution in [0.3, 0.4) is 0 Å². The van der Waals surface area contributed by atoms with Gasteiger partial charge in [0.1, 0.15) is 5.75 Å². The number of aromatic nitrogens is 2. The zero-order valence-corrected chi connectivity index (χ0v) is 11.8. The quantitative estimate of drug-likeness (QED) is 0.446. The lowest BCUT2D eigenvalue weighted by molar-refractivity contribution is -0.384. The summed E-state index contributed by atoms with van der Waals surface area (Å²) >= 11 is 0. The third kappa shape index (κ3) is 3.26. The van der Waals surface area contributed by atoms with Gasteiger partial charge in [0.25, 0.3) is 11.6 Å². The van der Waals surface area contributed by atoms with Crippen molar-refractivity contribution in [3.05, 3.63) is 50.8 Å². The number of H-pyrrole nitrogens is 1. The Morgan fingerprint density at radius 1 is 1.45 bits per heavy atom. The number of amides is 1. The molecule has 0 fully saturated rings. The molecule has 0 saturated carbocycles. The summed E-state index contributed by atoms with van der Waals surface area (Å²) in [6.07, 6.45) is 1.13. The molecule has 1 aromatic carbocycles. The molecule has 3 N–H and O–H groups in total. The number of phenols is 1. The molecule has 0 aliphatic rings. The minimum absolute atomic E-state index is 0.130. The van der Waals surface area contributed by atoms with Crippen LogP contribution in [0.1, 0.15) is 27.3 Å². The minimum atomic E-state index is -0.575. The van der Waals surface area contributed by atoms with Crippen molar-refractivity contribution in [1.29, 1.82) is 0 Å². The standard InChI is InChI=1S/C13H13N5O4/c1-7-3-10(18(21)22)5-9(12(7)19)6-14-17-13(20)11-4-8(2)15-16-11/h3-6,19H,1-2H3,(H,15,16)(H,17,20)/b14-6+. The number of aryl methyl sites for hydroxylation is 2. The average molecular weight is 303 g/mol. The monoisotopic (exact) mass is 303 g/mol. The van der Waals surface area contributed by atoms with Crippen LogP contribution in [-0.2, 0) is 0 Å². The van der Waals surface area contributed by atoms with E-state index in [0.717, 1.165) is 18.0 Å². The highest BCUT2D eigenvalue weighted by atomic mass is 16.6. The van der Waals surface area contributed by atoms with E-state index in [1.54, 1.807) is 13.0 Å². The second-order valence-electron chi connectivity index (χ2n) is 4.59. The van der Waals surface area contributed by atoms with Crippen LogP contribution in [0.25, 0.3) is 0 Å². The summed E-state index contributed by atoms with van der Waals surface area (Å²) in [6, 6.07) is 3.95. The molecule has 1 heterocycles. The second-order valence-corrected chi connectivity index (χ2v) is 4.59. The van der Waals surface area contributed by atoms with Gasteiger partial charge < -0.3 is 5.11 Å². The first-order chi connectivity index (χ1) is 10.4. The number of phenolic OH excluding ortho intramolecular Hbond substituents is 1. The van der Waals surface area contributed by atoms with Crippen LogP contribution in [0.2, 0.25) is 0 Å². The summed E-state index contributed by atoms with van der Waals surface area (Å²) < 4.78 is 0. The highest BCUT2D eigenvalue weighted by molar-refractivity contribution is 5.93. The molecule has 0 aliphatic carbocycles. The van der Waals surface area contributed by atoms with Crippen molar-refractivity contribution in [3.63, 3.8) is 0 Å². The molecule has 9 heteroatoms. The van der Waals surface area contributed by atoms with Crippen LogP contribution in [-0.4, -0.2) is 32.3 Å². The van der Waals surface area contributed by atoms with Gasteiger partial charge in [0.15, 0.2) is 5.69 Å². The van der Waals surface area contributed by atoms with E-state index in [0.29, 0.717) is 5.56 Å². The highest BCUT2D eigenvalue weighted by Gasteiger charge is 2.13. The van der Waals surface area contributed by atoms with Crippen LogP contribution < -0.4 is 5.43 Å². The van der Waals surface area contributed by atoms with Gasteiger partial charge in [-0.25, -0.2) is 5.43 Å². The minimum Gasteiger partial charge on any atom is -0.507 e. The third-order valence-electron chi connectivity index (χ3n) is 2.83. The van der Waals surface area contributed by atoms with E-state index in [2.05, 4.69) is 20.7 Å². The van der Waals surface area contributed by atoms with E-state index in [1.165, 1.54) is 13.0 Å². The molecule has 2 aromatic rings. The van der Waals surface area contributed by atoms with Gasteiger partial charge in [-0.05, 0) is 25.5 Å². The van der Waals surface area contributed by atoms with Gasteiger partial charge in [0, 0.05) is 23.4 Å². The summed E-state index contributed by atoms with van der Waals surface area (Å²) in [4.78, 5) is 21.9. The van der Waals surface area contributed by atoms with E-state index >= 15 is 0 Å². The fourth-order valence-corrected chi connectivity index (χ4v) is 1.74. The van der Waals surface area contributed by atoms with E-state index < -0.39 is 10.8 Å². The lowest BCUT2D eigenvalue weighted by Crippen LogP contribution is -2.18. The van der Waals surface area contributed by atoms with Crippen molar-refractivity contribution in [2.75, 3.05) is 0 Å². The number of hydrogen-bond donors (Lipinski definition) is 3. The van der Waals surface area contributed by atoms with Gasteiger partial charge in [0.2, 0.25) is 0 Å². The maximum Gasteiger partial charge on any atom is 0.291 e. The Labute approximate surface area is 124 Å². The summed E-state index contributed by atoms with van der Waals surface area (Å²) in [5.74, 6) is -0.679. The highest BCUT2D eigenvalue weighted by Crippen LogP contribution is 2.26. The molecule has 1 aromatic heterocycles. The molecule has 0 aliphatic heterocycles. The molecule has 1 amide bonds. The molecule has 9 nitrogen and oxygen atoms in total. The normalized spacial score (nSPS) is 10.8. The van der Waals surface area contributed by atoms with Crippen molar-refractivity contribution in [2.24, 2.45) is 5.10 Å². The van der Waals surface area contributed by atoms with Gasteiger partial charge >= 0.3 is 0 Å². The van der Waals surface area contributed by atoms with Gasteiger partial charge in [-0.2, -0.15) is 10.2 Å². The number of aromatic amines is 1. The fraction of sp³-hybridized carbons (Fsp3) is 0.154. The lowest BCUT2D eigenvalue weighted by atomic mass is 10.1. The zero-order chi connectivity index (χ0) is 16.3. The molecule has 0 atom stereocenters. The number of aromatic hydroxyl groups is 1. The number of hydrazone groups is 1. The van der Waals surface area contributed by atoms with Crippen LogP contribution in [0.4, 0.5) is 5.69 Å². The molecule has 0 radical (unpaired) electrons. The van der Waals surface area contributed by atoms with Crippen LogP contribution >= 0.6 is 0 Å². The predicted octanol–water partition coefficient (Wildman–Crippen LogP) is 1.40. The van der Waals surface area contributed by atoms with Crippen molar-refractivity contribution >= 4 is 17.8 Å². The molecular weight excluding hydrogens is 290 g/mol. The lowest BCUT2D eigenvalue weighted by Gasteiger charge is -2.03. The largest absolute Gasteiger partial charge is 0.507 e. The average Bonchev–Trinajstić information content (AvgIpc) is 2.89. The van der Waals surface area contributed by atoms with Gasteiger partial charge in [-0.1, -0.05) is 0 Å². The zero-order valence-electron chi connectivity index (χ0n) is 11.8. The van der Waals surface area contributed by atoms with Crippen molar-refractivity contribution < 1.29 is 14.8 Å². The van der Waals surface area contributed by atoms with E-state index in [9.17, 15) is 20.0 Å². The van der Waals surface area contributed by atoms with E-state index in [-0.39, 0.29) is 22.7 Å². The Morgan fingerprint density at radius 3 is 2.77 bits per heavy atom. The van der Waals surface area contributed by atoms with Gasteiger partial charge in [-0.3, -0.25) is 20.0 Å². The van der Waals surface area contributed by atoms with Crippen molar-refractivity contribution in [2.45, 2.75) is 13.8 Å². The number of nitrogens with zero attached hydrogens (tertiary/aromatic N) is 3. The number of nitro benzene ring substituents is 1. The topological polar surface area (TPSA) is 134 Å². The van der Waals surface area contributed by atoms with Crippen molar-refractivity contribution in [3.8, 4) is 5.75 Å². The summed E-state index contributed by atoms with van der Waals surface area (Å²) in [6.45, 7) is 3.28. The molecule has 2 rings (SSSR count). The molecule has 22 heavy (non-hydrogen) atoms. The number of hydrogen-bond acceptors (Lipinski definition) is 6. The number of nitro groups is 1. The Balaban J connectivity index is 2.16. The second kappa shape index (κ2) is 6.04. The van der Waals surface area contributed by atoms with Crippen LogP contribution in [0.5, 0.6) is 5.75 Å². The molecule has 0 bridgehead atoms. The Bertz CT molecular complexity index is 766. The number of rotatable bonds is 4. The number of nitrogens with one attached hydrogen (secondary N) is 2. The number of carbonyl (C=O) groups is 1. The van der Waals surface area contributed by atoms with E-state index in [4.69, 9.17) is 0 Å². The Morgan fingerprint density at radius 2 is 2.18 bits per heavy atom. The van der Waals surface area contributed by atoms with Gasteiger partial charge in [-0.15, -0.1) is 0 Å². The summed E-state index contributed by atoms with van der Waals surface area (Å²) in [5.41, 5.74) is 3.40. The first-order valence-corrected chi connectivity index (χ1v) is 6.22. The number of carbonyl (C=O) groups excluding carboxylic acids is 1. The Kier molecular flexibility index (Phi) is 4.16. The Hall–Kier alpha value is -3.23. The van der Waals surface area contributed by atoms with E-state index in [1.807, 2.05) is 0 Å². The molecule has 0 saturated heterocycles. The molecule has 114 valence electrons. The fourth-order valence-electron chi connectivity index (χ4n) is 1.74. The molecule has 0 unspecified atom stereocenters. The first-order valence-electron chi connectivity index (χ1n) is 6.22. The van der Waals surface area contributed by atoms with Gasteiger partial charge in [0.05, 0.1) is 11.1 Å². The molecular formula is C13H13N5O4. The first kappa shape index (κ1) is 15.2. The number of non-ortho nitro benzene ring substituents is 1. The summed E-state index contributed by atoms with van der Waals surface area (Å²) in [7, 11) is 0. The maximum absolute atomic E-state index is 11.7. The predicted molar refractivity (Wildman–Crippen MR) is 77.9 cm³/mol. The smallest absolute Gasteiger partial charge is 0.291 e. The van der Waals surface area contributed by atoms with Crippen molar-refractivity contribution in [1.82, 2.24) is 15.6 Å². The number of benzene rings is 1. The summed E-state index contributed by atoms with van der Waals surface area (Å²) in [5, 5.41) is 30.7. The molecule has 0 spiro atoms. The third-order valence-corrected chi connectivity index (χ3v) is 2.83.